The number of methoxy groups -OCH3 is 1. The fourth-order valence-corrected chi connectivity index (χ4v) is 2.87. The zero-order valence-electron chi connectivity index (χ0n) is 11.3. The molecule has 0 saturated heterocycles. The minimum Gasteiger partial charge on any atom is -0.497 e. The number of rotatable bonds is 4. The standard InChI is InChI=1S/C14H14N4OS/c1-18-13-12(7-17-18)14(16-9-15-13)20-8-10-4-3-5-11(6-10)19-2/h3-7,9H,8H2,1-2H3. The number of benzene rings is 1. The molecule has 0 spiro atoms. The van der Waals surface area contributed by atoms with Crippen molar-refractivity contribution in [1.82, 2.24) is 19.7 Å². The lowest BCUT2D eigenvalue weighted by molar-refractivity contribution is 0.414. The second kappa shape index (κ2) is 5.50. The van der Waals surface area contributed by atoms with E-state index in [0.29, 0.717) is 0 Å². The predicted molar refractivity (Wildman–Crippen MR) is 78.9 cm³/mol. The third-order valence-corrected chi connectivity index (χ3v) is 4.08. The van der Waals surface area contributed by atoms with Gasteiger partial charge in [0.1, 0.15) is 17.1 Å². The number of aromatic nitrogens is 4. The van der Waals surface area contributed by atoms with E-state index >= 15 is 0 Å². The van der Waals surface area contributed by atoms with Gasteiger partial charge in [0, 0.05) is 12.8 Å². The van der Waals surface area contributed by atoms with Crippen LogP contribution in [0.25, 0.3) is 11.0 Å². The first-order valence-electron chi connectivity index (χ1n) is 6.16. The molecule has 3 rings (SSSR count). The molecule has 102 valence electrons. The van der Waals surface area contributed by atoms with Crippen LogP contribution < -0.4 is 4.74 Å². The fraction of sp³-hybridized carbons (Fsp3) is 0.214. The van der Waals surface area contributed by atoms with Crippen molar-refractivity contribution >= 4 is 22.8 Å². The summed E-state index contributed by atoms with van der Waals surface area (Å²) in [5.74, 6) is 1.70. The molecule has 0 fully saturated rings. The molecule has 5 nitrogen and oxygen atoms in total. The Kier molecular flexibility index (Phi) is 3.56. The molecule has 2 aromatic heterocycles. The first-order chi connectivity index (χ1) is 9.78. The number of hydrogen-bond acceptors (Lipinski definition) is 5. The Morgan fingerprint density at radius 1 is 1.30 bits per heavy atom. The maximum atomic E-state index is 5.23. The fourth-order valence-electron chi connectivity index (χ4n) is 1.97. The summed E-state index contributed by atoms with van der Waals surface area (Å²) in [5.41, 5.74) is 2.05. The smallest absolute Gasteiger partial charge is 0.162 e. The molecular weight excluding hydrogens is 272 g/mol. The Morgan fingerprint density at radius 3 is 3.05 bits per heavy atom. The normalized spacial score (nSPS) is 10.9. The first kappa shape index (κ1) is 12.9. The molecule has 1 aromatic carbocycles. The van der Waals surface area contributed by atoms with Gasteiger partial charge in [0.15, 0.2) is 5.65 Å². The Balaban J connectivity index is 1.83. The Labute approximate surface area is 121 Å². The van der Waals surface area contributed by atoms with Gasteiger partial charge in [-0.2, -0.15) is 5.10 Å². The molecule has 6 heteroatoms. The molecule has 0 aliphatic carbocycles. The summed E-state index contributed by atoms with van der Waals surface area (Å²) < 4.78 is 6.99. The lowest BCUT2D eigenvalue weighted by Gasteiger charge is -2.04. The number of nitrogens with zero attached hydrogens (tertiary/aromatic N) is 4. The topological polar surface area (TPSA) is 52.8 Å². The van der Waals surface area contributed by atoms with Crippen molar-refractivity contribution < 1.29 is 4.74 Å². The summed E-state index contributed by atoms with van der Waals surface area (Å²) in [5, 5.41) is 6.16. The Hall–Kier alpha value is -2.08. The van der Waals surface area contributed by atoms with Crippen LogP contribution in [0.2, 0.25) is 0 Å². The molecule has 0 amide bonds. The summed E-state index contributed by atoms with van der Waals surface area (Å²) in [6.45, 7) is 0. The molecule has 0 bridgehead atoms. The van der Waals surface area contributed by atoms with E-state index in [-0.39, 0.29) is 0 Å². The molecule has 0 radical (unpaired) electrons. The lowest BCUT2D eigenvalue weighted by Crippen LogP contribution is -1.93. The SMILES string of the molecule is COc1cccc(CSc2ncnc3c2cnn3C)c1. The highest BCUT2D eigenvalue weighted by molar-refractivity contribution is 7.98. The third kappa shape index (κ3) is 2.46. The number of fused-ring (bicyclic) bond motifs is 1. The summed E-state index contributed by atoms with van der Waals surface area (Å²) in [4.78, 5) is 8.58. The van der Waals surface area contributed by atoms with Crippen LogP contribution >= 0.6 is 11.8 Å². The third-order valence-electron chi connectivity index (χ3n) is 3.00. The van der Waals surface area contributed by atoms with Crippen molar-refractivity contribution in [3.63, 3.8) is 0 Å². The molecule has 0 aliphatic heterocycles. The van der Waals surface area contributed by atoms with Gasteiger partial charge >= 0.3 is 0 Å². The van der Waals surface area contributed by atoms with Gasteiger partial charge in [0.05, 0.1) is 18.7 Å². The van der Waals surface area contributed by atoms with E-state index in [2.05, 4.69) is 21.1 Å². The van der Waals surface area contributed by atoms with E-state index in [1.165, 1.54) is 5.56 Å². The molecule has 20 heavy (non-hydrogen) atoms. The molecule has 2 heterocycles. The van der Waals surface area contributed by atoms with E-state index in [4.69, 9.17) is 4.74 Å². The van der Waals surface area contributed by atoms with Gasteiger partial charge in [0.25, 0.3) is 0 Å². The van der Waals surface area contributed by atoms with E-state index in [0.717, 1.165) is 27.6 Å². The lowest BCUT2D eigenvalue weighted by atomic mass is 10.2. The van der Waals surface area contributed by atoms with Crippen molar-refractivity contribution in [2.24, 2.45) is 7.05 Å². The van der Waals surface area contributed by atoms with E-state index in [1.54, 1.807) is 29.9 Å². The van der Waals surface area contributed by atoms with Gasteiger partial charge < -0.3 is 4.74 Å². The zero-order valence-corrected chi connectivity index (χ0v) is 12.1. The van der Waals surface area contributed by atoms with Gasteiger partial charge in [-0.05, 0) is 17.7 Å². The average Bonchev–Trinajstić information content (AvgIpc) is 2.88. The quantitative estimate of drug-likeness (QED) is 0.545. The summed E-state index contributed by atoms with van der Waals surface area (Å²) in [6.07, 6.45) is 3.39. The van der Waals surface area contributed by atoms with Gasteiger partial charge in [-0.1, -0.05) is 12.1 Å². The Bertz CT molecular complexity index is 741. The minimum atomic E-state index is 0.832. The molecule has 0 aliphatic rings. The van der Waals surface area contributed by atoms with Gasteiger partial charge in [-0.15, -0.1) is 11.8 Å². The minimum absolute atomic E-state index is 0.832. The number of aryl methyl sites for hydroxylation is 1. The second-order valence-corrected chi connectivity index (χ2v) is 5.29. The van der Waals surface area contributed by atoms with Crippen molar-refractivity contribution in [2.75, 3.05) is 7.11 Å². The van der Waals surface area contributed by atoms with Crippen LogP contribution in [0.5, 0.6) is 5.75 Å². The van der Waals surface area contributed by atoms with Gasteiger partial charge in [0.2, 0.25) is 0 Å². The number of ether oxygens (including phenoxy) is 1. The van der Waals surface area contributed by atoms with Crippen LogP contribution in [0.4, 0.5) is 0 Å². The van der Waals surface area contributed by atoms with Crippen molar-refractivity contribution in [3.05, 3.63) is 42.4 Å². The molecule has 0 unspecified atom stereocenters. The number of thioether (sulfide) groups is 1. The molecular formula is C14H14N4OS. The zero-order chi connectivity index (χ0) is 13.9. The van der Waals surface area contributed by atoms with E-state index in [9.17, 15) is 0 Å². The van der Waals surface area contributed by atoms with E-state index < -0.39 is 0 Å². The van der Waals surface area contributed by atoms with Crippen LogP contribution in [-0.4, -0.2) is 26.9 Å². The average molecular weight is 286 g/mol. The highest BCUT2D eigenvalue weighted by Crippen LogP contribution is 2.27. The largest absolute Gasteiger partial charge is 0.497 e. The molecule has 3 aromatic rings. The van der Waals surface area contributed by atoms with Gasteiger partial charge in [-0.3, -0.25) is 4.68 Å². The van der Waals surface area contributed by atoms with Crippen LogP contribution in [-0.2, 0) is 12.8 Å². The van der Waals surface area contributed by atoms with E-state index in [1.807, 2.05) is 31.4 Å². The predicted octanol–water partition coefficient (Wildman–Crippen LogP) is 2.66. The van der Waals surface area contributed by atoms with Crippen LogP contribution in [0.1, 0.15) is 5.56 Å². The molecule has 0 saturated carbocycles. The highest BCUT2D eigenvalue weighted by Gasteiger charge is 2.08. The van der Waals surface area contributed by atoms with Crippen molar-refractivity contribution in [1.29, 1.82) is 0 Å². The second-order valence-electron chi connectivity index (χ2n) is 4.32. The van der Waals surface area contributed by atoms with Crippen LogP contribution in [0, 0.1) is 0 Å². The Morgan fingerprint density at radius 2 is 2.20 bits per heavy atom. The van der Waals surface area contributed by atoms with Crippen LogP contribution in [0.15, 0.2) is 41.8 Å². The molecule has 0 N–H and O–H groups in total. The van der Waals surface area contributed by atoms with Crippen molar-refractivity contribution in [2.45, 2.75) is 10.8 Å². The summed E-state index contributed by atoms with van der Waals surface area (Å²) in [7, 11) is 3.56. The summed E-state index contributed by atoms with van der Waals surface area (Å²) in [6, 6.07) is 8.05. The maximum Gasteiger partial charge on any atom is 0.162 e. The van der Waals surface area contributed by atoms with Gasteiger partial charge in [-0.25, -0.2) is 9.97 Å². The van der Waals surface area contributed by atoms with Crippen molar-refractivity contribution in [3.8, 4) is 5.75 Å². The molecule has 0 atom stereocenters. The first-order valence-corrected chi connectivity index (χ1v) is 7.15. The maximum absolute atomic E-state index is 5.23. The highest BCUT2D eigenvalue weighted by atomic mass is 32.2. The monoisotopic (exact) mass is 286 g/mol. The summed E-state index contributed by atoms with van der Waals surface area (Å²) >= 11 is 1.68. The number of hydrogen-bond donors (Lipinski definition) is 0. The van der Waals surface area contributed by atoms with Crippen LogP contribution in [0.3, 0.4) is 0 Å².